The van der Waals surface area contributed by atoms with Gasteiger partial charge in [0, 0.05) is 11.6 Å². The van der Waals surface area contributed by atoms with Crippen molar-refractivity contribution in [1.82, 2.24) is 10.2 Å². The van der Waals surface area contributed by atoms with Gasteiger partial charge < -0.3 is 10.4 Å². The Labute approximate surface area is 109 Å². The molecule has 98 valence electrons. The normalized spacial score (nSPS) is 10.2. The van der Waals surface area contributed by atoms with Gasteiger partial charge in [-0.05, 0) is 18.1 Å². The van der Waals surface area contributed by atoms with Crippen molar-refractivity contribution in [2.24, 2.45) is 0 Å². The molecule has 6 nitrogen and oxygen atoms in total. The van der Waals surface area contributed by atoms with E-state index in [9.17, 15) is 9.59 Å². The van der Waals surface area contributed by atoms with Crippen molar-refractivity contribution in [1.29, 1.82) is 0 Å². The molecule has 0 bridgehead atoms. The topological polar surface area (TPSA) is 95.1 Å². The maximum Gasteiger partial charge on any atom is 0.353 e. The van der Waals surface area contributed by atoms with Gasteiger partial charge in [0.1, 0.15) is 5.69 Å². The number of amides is 1. The minimum Gasteiger partial charge on any atom is -0.477 e. The van der Waals surface area contributed by atoms with E-state index >= 15 is 0 Å². The first kappa shape index (κ1) is 12.8. The molecule has 1 amide bonds. The lowest BCUT2D eigenvalue weighted by atomic mass is 10.0. The smallest absolute Gasteiger partial charge is 0.353 e. The SMILES string of the molecule is CCc1ccccc1C(=O)Nc1cc(C(=O)O)[nH]n1. The Morgan fingerprint density at radius 3 is 2.74 bits per heavy atom. The van der Waals surface area contributed by atoms with Gasteiger partial charge in [-0.25, -0.2) is 4.79 Å². The maximum absolute atomic E-state index is 12.1. The Balaban J connectivity index is 2.18. The first-order valence-corrected chi connectivity index (χ1v) is 5.79. The van der Waals surface area contributed by atoms with Gasteiger partial charge in [0.05, 0.1) is 0 Å². The fourth-order valence-electron chi connectivity index (χ4n) is 1.73. The predicted molar refractivity (Wildman–Crippen MR) is 69.3 cm³/mol. The van der Waals surface area contributed by atoms with E-state index in [0.29, 0.717) is 5.56 Å². The fourth-order valence-corrected chi connectivity index (χ4v) is 1.73. The van der Waals surface area contributed by atoms with Crippen LogP contribution >= 0.6 is 0 Å². The summed E-state index contributed by atoms with van der Waals surface area (Å²) in [6.07, 6.45) is 0.741. The van der Waals surface area contributed by atoms with Gasteiger partial charge >= 0.3 is 5.97 Å². The number of anilines is 1. The van der Waals surface area contributed by atoms with Crippen molar-refractivity contribution >= 4 is 17.7 Å². The number of aromatic amines is 1. The molecular weight excluding hydrogens is 246 g/mol. The van der Waals surface area contributed by atoms with Crippen LogP contribution in [0.15, 0.2) is 30.3 Å². The highest BCUT2D eigenvalue weighted by Gasteiger charge is 2.13. The predicted octanol–water partition coefficient (Wildman–Crippen LogP) is 1.92. The zero-order valence-corrected chi connectivity index (χ0v) is 10.3. The van der Waals surface area contributed by atoms with Crippen LogP contribution in [-0.2, 0) is 6.42 Å². The third-order valence-corrected chi connectivity index (χ3v) is 2.69. The largest absolute Gasteiger partial charge is 0.477 e. The Bertz CT molecular complexity index is 619. The lowest BCUT2D eigenvalue weighted by Crippen LogP contribution is -2.14. The summed E-state index contributed by atoms with van der Waals surface area (Å²) < 4.78 is 0. The quantitative estimate of drug-likeness (QED) is 0.781. The Hall–Kier alpha value is -2.63. The Kier molecular flexibility index (Phi) is 3.61. The molecule has 2 rings (SSSR count). The molecule has 1 aromatic carbocycles. The molecular formula is C13H13N3O3. The number of nitrogens with zero attached hydrogens (tertiary/aromatic N) is 1. The van der Waals surface area contributed by atoms with Crippen molar-refractivity contribution in [3.63, 3.8) is 0 Å². The van der Waals surface area contributed by atoms with Gasteiger partial charge in [-0.3, -0.25) is 9.89 Å². The lowest BCUT2D eigenvalue weighted by molar-refractivity contribution is 0.0690. The zero-order chi connectivity index (χ0) is 13.8. The molecule has 0 atom stereocenters. The van der Waals surface area contributed by atoms with Gasteiger partial charge in [-0.2, -0.15) is 5.10 Å². The number of hydrogen-bond acceptors (Lipinski definition) is 3. The van der Waals surface area contributed by atoms with Crippen LogP contribution in [0, 0.1) is 0 Å². The third-order valence-electron chi connectivity index (χ3n) is 2.69. The van der Waals surface area contributed by atoms with Crippen LogP contribution < -0.4 is 5.32 Å². The number of carboxylic acid groups (broad SMARTS) is 1. The highest BCUT2D eigenvalue weighted by Crippen LogP contribution is 2.12. The molecule has 0 spiro atoms. The molecule has 0 fully saturated rings. The summed E-state index contributed by atoms with van der Waals surface area (Å²) in [4.78, 5) is 22.7. The second-order valence-corrected chi connectivity index (χ2v) is 3.94. The van der Waals surface area contributed by atoms with Crippen LogP contribution in [0.4, 0.5) is 5.82 Å². The van der Waals surface area contributed by atoms with E-state index in [-0.39, 0.29) is 17.4 Å². The molecule has 0 aliphatic rings. The zero-order valence-electron chi connectivity index (χ0n) is 10.3. The minimum absolute atomic E-state index is 0.0703. The number of nitrogens with one attached hydrogen (secondary N) is 2. The average molecular weight is 259 g/mol. The van der Waals surface area contributed by atoms with E-state index in [1.54, 1.807) is 12.1 Å². The maximum atomic E-state index is 12.1. The number of carbonyl (C=O) groups excluding carboxylic acids is 1. The molecule has 0 saturated heterocycles. The van der Waals surface area contributed by atoms with Crippen LogP contribution in [0.5, 0.6) is 0 Å². The Morgan fingerprint density at radius 1 is 1.37 bits per heavy atom. The van der Waals surface area contributed by atoms with E-state index in [1.165, 1.54) is 6.07 Å². The van der Waals surface area contributed by atoms with Crippen LogP contribution in [0.2, 0.25) is 0 Å². The highest BCUT2D eigenvalue weighted by atomic mass is 16.4. The lowest BCUT2D eigenvalue weighted by Gasteiger charge is -2.06. The van der Waals surface area contributed by atoms with Crippen molar-refractivity contribution in [3.8, 4) is 0 Å². The number of rotatable bonds is 4. The first-order valence-electron chi connectivity index (χ1n) is 5.79. The molecule has 0 unspecified atom stereocenters. The summed E-state index contributed by atoms with van der Waals surface area (Å²) in [6, 6.07) is 8.52. The molecule has 19 heavy (non-hydrogen) atoms. The van der Waals surface area contributed by atoms with E-state index in [1.807, 2.05) is 19.1 Å². The van der Waals surface area contributed by atoms with Gasteiger partial charge in [0.25, 0.3) is 5.91 Å². The molecule has 0 radical (unpaired) electrons. The summed E-state index contributed by atoms with van der Waals surface area (Å²) in [6.45, 7) is 1.96. The second kappa shape index (κ2) is 5.34. The molecule has 1 aromatic heterocycles. The van der Waals surface area contributed by atoms with Gasteiger partial charge in [-0.15, -0.1) is 0 Å². The minimum atomic E-state index is -1.12. The summed E-state index contributed by atoms with van der Waals surface area (Å²) in [7, 11) is 0. The summed E-state index contributed by atoms with van der Waals surface area (Å²) in [5.41, 5.74) is 1.41. The third kappa shape index (κ3) is 2.79. The van der Waals surface area contributed by atoms with Crippen molar-refractivity contribution in [2.45, 2.75) is 13.3 Å². The first-order chi connectivity index (χ1) is 9.11. The summed E-state index contributed by atoms with van der Waals surface area (Å²) >= 11 is 0. The summed E-state index contributed by atoms with van der Waals surface area (Å²) in [5.74, 6) is -1.24. The monoisotopic (exact) mass is 259 g/mol. The molecule has 2 aromatic rings. The molecule has 0 saturated carbocycles. The highest BCUT2D eigenvalue weighted by molar-refractivity contribution is 6.05. The van der Waals surface area contributed by atoms with Crippen LogP contribution in [0.3, 0.4) is 0 Å². The number of carboxylic acids is 1. The van der Waals surface area contributed by atoms with Crippen LogP contribution in [-0.4, -0.2) is 27.2 Å². The molecule has 6 heteroatoms. The van der Waals surface area contributed by atoms with Crippen molar-refractivity contribution in [2.75, 3.05) is 5.32 Å². The van der Waals surface area contributed by atoms with E-state index in [2.05, 4.69) is 15.5 Å². The van der Waals surface area contributed by atoms with Gasteiger partial charge in [-0.1, -0.05) is 25.1 Å². The number of H-pyrrole nitrogens is 1. The number of aryl methyl sites for hydroxylation is 1. The van der Waals surface area contributed by atoms with Gasteiger partial charge in [0.2, 0.25) is 0 Å². The van der Waals surface area contributed by atoms with Crippen molar-refractivity contribution < 1.29 is 14.7 Å². The summed E-state index contributed by atoms with van der Waals surface area (Å²) in [5, 5.41) is 17.4. The van der Waals surface area contributed by atoms with Crippen LogP contribution in [0.25, 0.3) is 0 Å². The number of carbonyl (C=O) groups is 2. The molecule has 1 heterocycles. The number of aromatic carboxylic acids is 1. The number of aromatic nitrogens is 2. The Morgan fingerprint density at radius 2 is 2.11 bits per heavy atom. The van der Waals surface area contributed by atoms with Gasteiger partial charge in [0.15, 0.2) is 5.82 Å². The average Bonchev–Trinajstić information content (AvgIpc) is 2.87. The second-order valence-electron chi connectivity index (χ2n) is 3.94. The standard InChI is InChI=1S/C13H13N3O3/c1-2-8-5-3-4-6-9(8)12(17)14-11-7-10(13(18)19)15-16-11/h3-7H,2H2,1H3,(H,18,19)(H2,14,15,16,17). The fraction of sp³-hybridized carbons (Fsp3) is 0.154. The number of benzene rings is 1. The van der Waals surface area contributed by atoms with Crippen molar-refractivity contribution in [3.05, 3.63) is 47.2 Å². The molecule has 3 N–H and O–H groups in total. The molecule has 0 aliphatic carbocycles. The number of hydrogen-bond donors (Lipinski definition) is 3. The van der Waals surface area contributed by atoms with E-state index in [0.717, 1.165) is 12.0 Å². The van der Waals surface area contributed by atoms with E-state index < -0.39 is 5.97 Å². The molecule has 0 aliphatic heterocycles. The van der Waals surface area contributed by atoms with Crippen LogP contribution in [0.1, 0.15) is 33.3 Å². The van der Waals surface area contributed by atoms with E-state index in [4.69, 9.17) is 5.11 Å².